The molecule has 0 spiro atoms. The molecule has 0 bridgehead atoms. The molecule has 0 radical (unpaired) electrons. The van der Waals surface area contributed by atoms with Gasteiger partial charge in [-0.3, -0.25) is 9.79 Å². The molecule has 0 fully saturated rings. The zero-order valence-corrected chi connectivity index (χ0v) is 22.3. The van der Waals surface area contributed by atoms with E-state index < -0.39 is 0 Å². The molecule has 180 valence electrons. The van der Waals surface area contributed by atoms with Gasteiger partial charge < -0.3 is 20.3 Å². The van der Waals surface area contributed by atoms with Gasteiger partial charge in [0.25, 0.3) is 0 Å². The molecular weight excluding hydrogens is 527 g/mol. The van der Waals surface area contributed by atoms with Crippen LogP contribution in [0.3, 0.4) is 0 Å². The lowest BCUT2D eigenvalue weighted by atomic mass is 9.98. The van der Waals surface area contributed by atoms with E-state index in [-0.39, 0.29) is 29.9 Å². The number of amides is 1. The third-order valence-corrected chi connectivity index (χ3v) is 5.91. The van der Waals surface area contributed by atoms with Crippen molar-refractivity contribution in [1.82, 2.24) is 15.5 Å². The second-order valence-corrected chi connectivity index (χ2v) is 8.27. The summed E-state index contributed by atoms with van der Waals surface area (Å²) in [5, 5.41) is 6.71. The molecule has 1 atom stereocenters. The number of hydrogen-bond acceptors (Lipinski definition) is 3. The first-order valence-corrected chi connectivity index (χ1v) is 11.6. The van der Waals surface area contributed by atoms with Gasteiger partial charge >= 0.3 is 0 Å². The van der Waals surface area contributed by atoms with Crippen LogP contribution in [0.5, 0.6) is 5.75 Å². The molecule has 7 heteroatoms. The molecule has 2 aromatic rings. The van der Waals surface area contributed by atoms with Gasteiger partial charge in [-0.15, -0.1) is 24.0 Å². The van der Waals surface area contributed by atoms with Crippen molar-refractivity contribution < 1.29 is 9.53 Å². The Morgan fingerprint density at radius 3 is 2.36 bits per heavy atom. The summed E-state index contributed by atoms with van der Waals surface area (Å²) in [5.74, 6) is 2.35. The average Bonchev–Trinajstić information content (AvgIpc) is 3.26. The molecule has 2 N–H and O–H groups in total. The van der Waals surface area contributed by atoms with Gasteiger partial charge in [0.2, 0.25) is 5.91 Å². The number of carbonyl (C=O) groups excluding carboxylic acids is 1. The highest BCUT2D eigenvalue weighted by Gasteiger charge is 2.22. The normalized spacial score (nSPS) is 13.7. The molecular formula is C26H37IN4O2. The lowest BCUT2D eigenvalue weighted by Gasteiger charge is -2.16. The van der Waals surface area contributed by atoms with Crippen LogP contribution in [0.4, 0.5) is 0 Å². The zero-order valence-electron chi connectivity index (χ0n) is 20.0. The van der Waals surface area contributed by atoms with Gasteiger partial charge in [0.1, 0.15) is 5.75 Å². The van der Waals surface area contributed by atoms with Crippen LogP contribution in [-0.4, -0.2) is 43.5 Å². The van der Waals surface area contributed by atoms with Crippen LogP contribution in [0.15, 0.2) is 53.5 Å². The van der Waals surface area contributed by atoms with Crippen molar-refractivity contribution in [3.05, 3.63) is 65.2 Å². The smallest absolute Gasteiger partial charge is 0.223 e. The number of halogens is 1. The molecule has 0 saturated carbocycles. The van der Waals surface area contributed by atoms with Gasteiger partial charge in [-0.1, -0.05) is 43.3 Å². The number of fused-ring (bicyclic) bond motifs is 1. The number of nitrogens with zero attached hydrogens (tertiary/aromatic N) is 2. The number of nitrogens with one attached hydrogen (secondary N) is 2. The minimum atomic E-state index is 0. The minimum Gasteiger partial charge on any atom is -0.497 e. The van der Waals surface area contributed by atoms with Gasteiger partial charge in [0, 0.05) is 39.1 Å². The summed E-state index contributed by atoms with van der Waals surface area (Å²) < 4.78 is 5.23. The summed E-state index contributed by atoms with van der Waals surface area (Å²) in [4.78, 5) is 19.1. The summed E-state index contributed by atoms with van der Waals surface area (Å²) >= 11 is 0. The lowest BCUT2D eigenvalue weighted by molar-refractivity contribution is -0.131. The highest BCUT2D eigenvalue weighted by atomic mass is 127. The number of rotatable bonds is 10. The fourth-order valence-corrected chi connectivity index (χ4v) is 3.94. The summed E-state index contributed by atoms with van der Waals surface area (Å²) in [6.07, 6.45) is 2.29. The van der Waals surface area contributed by atoms with Crippen LogP contribution >= 0.6 is 24.0 Å². The number of guanidine groups is 1. The molecule has 2 aromatic carbocycles. The predicted octanol–water partition coefficient (Wildman–Crippen LogP) is 4.68. The molecule has 0 saturated heterocycles. The average molecular weight is 565 g/mol. The third-order valence-electron chi connectivity index (χ3n) is 5.91. The fraction of sp³-hybridized carbons (Fsp3) is 0.462. The maximum absolute atomic E-state index is 12.5. The maximum Gasteiger partial charge on any atom is 0.223 e. The van der Waals surface area contributed by atoms with Gasteiger partial charge in [0.05, 0.1) is 7.11 Å². The van der Waals surface area contributed by atoms with Crippen LogP contribution in [0, 0.1) is 0 Å². The van der Waals surface area contributed by atoms with E-state index in [9.17, 15) is 4.79 Å². The zero-order chi connectivity index (χ0) is 22.8. The lowest BCUT2D eigenvalue weighted by Crippen LogP contribution is -2.38. The van der Waals surface area contributed by atoms with Crippen molar-refractivity contribution in [2.24, 2.45) is 4.99 Å². The van der Waals surface area contributed by atoms with E-state index in [1.165, 1.54) is 16.7 Å². The topological polar surface area (TPSA) is 66.0 Å². The number of methoxy groups -OCH3 is 1. The van der Waals surface area contributed by atoms with E-state index in [2.05, 4.69) is 53.7 Å². The molecule has 1 unspecified atom stereocenters. The number of benzene rings is 2. The van der Waals surface area contributed by atoms with Crippen molar-refractivity contribution in [3.63, 3.8) is 0 Å². The Hall–Kier alpha value is -2.29. The Morgan fingerprint density at radius 2 is 1.76 bits per heavy atom. The Balaban J connectivity index is 0.00000385. The summed E-state index contributed by atoms with van der Waals surface area (Å²) in [6, 6.07) is 16.5. The summed E-state index contributed by atoms with van der Waals surface area (Å²) in [7, 11) is 1.69. The Morgan fingerprint density at radius 1 is 1.09 bits per heavy atom. The van der Waals surface area contributed by atoms with Crippen molar-refractivity contribution in [2.45, 2.75) is 52.1 Å². The van der Waals surface area contributed by atoms with E-state index in [0.717, 1.165) is 50.7 Å². The van der Waals surface area contributed by atoms with Crippen LogP contribution in [0.25, 0.3) is 0 Å². The van der Waals surface area contributed by atoms with Crippen LogP contribution < -0.4 is 15.4 Å². The van der Waals surface area contributed by atoms with Gasteiger partial charge in [-0.25, -0.2) is 0 Å². The van der Waals surface area contributed by atoms with Crippen LogP contribution in [0.2, 0.25) is 0 Å². The molecule has 6 nitrogen and oxygen atoms in total. The fourth-order valence-electron chi connectivity index (χ4n) is 3.94. The van der Waals surface area contributed by atoms with E-state index >= 15 is 0 Å². The Bertz CT molecular complexity index is 876. The van der Waals surface area contributed by atoms with E-state index in [1.54, 1.807) is 7.11 Å². The SMILES string of the molecule is CCNC(=NCCCC(=O)N1Cc2ccccc2C1)NCCC(C)c1ccc(OC)cc1.I. The Kier molecular flexibility index (Phi) is 11.5. The Labute approximate surface area is 215 Å². The van der Waals surface area contributed by atoms with Crippen molar-refractivity contribution in [1.29, 1.82) is 0 Å². The van der Waals surface area contributed by atoms with Crippen LogP contribution in [0.1, 0.15) is 55.7 Å². The maximum atomic E-state index is 12.5. The third kappa shape index (κ3) is 8.21. The van der Waals surface area contributed by atoms with E-state index in [0.29, 0.717) is 18.9 Å². The number of ether oxygens (including phenoxy) is 1. The second kappa shape index (κ2) is 14.1. The van der Waals surface area contributed by atoms with Crippen molar-refractivity contribution in [2.75, 3.05) is 26.7 Å². The quantitative estimate of drug-likeness (QED) is 0.190. The molecule has 1 amide bonds. The minimum absolute atomic E-state index is 0. The van der Waals surface area contributed by atoms with Crippen molar-refractivity contribution >= 4 is 35.8 Å². The monoisotopic (exact) mass is 564 g/mol. The molecule has 0 aliphatic carbocycles. The van der Waals surface area contributed by atoms with Gasteiger partial charge in [-0.2, -0.15) is 0 Å². The van der Waals surface area contributed by atoms with E-state index in [1.807, 2.05) is 29.2 Å². The summed E-state index contributed by atoms with van der Waals surface area (Å²) in [5.41, 5.74) is 3.83. The summed E-state index contributed by atoms with van der Waals surface area (Å²) in [6.45, 7) is 8.04. The molecule has 1 aliphatic heterocycles. The molecule has 33 heavy (non-hydrogen) atoms. The van der Waals surface area contributed by atoms with E-state index in [4.69, 9.17) is 4.74 Å². The highest BCUT2D eigenvalue weighted by molar-refractivity contribution is 14.0. The highest BCUT2D eigenvalue weighted by Crippen LogP contribution is 2.23. The molecule has 1 aliphatic rings. The molecule has 0 aromatic heterocycles. The van der Waals surface area contributed by atoms with Gasteiger partial charge in [0.15, 0.2) is 5.96 Å². The first kappa shape index (κ1) is 27.0. The number of hydrogen-bond donors (Lipinski definition) is 2. The largest absolute Gasteiger partial charge is 0.497 e. The number of carbonyl (C=O) groups is 1. The first-order valence-electron chi connectivity index (χ1n) is 11.6. The number of aliphatic imine (C=N–C) groups is 1. The van der Waals surface area contributed by atoms with Crippen molar-refractivity contribution in [3.8, 4) is 5.75 Å². The predicted molar refractivity (Wildman–Crippen MR) is 145 cm³/mol. The molecule has 3 rings (SSSR count). The van der Waals surface area contributed by atoms with Gasteiger partial charge in [-0.05, 0) is 54.5 Å². The standard InChI is InChI=1S/C26H36N4O2.HI/c1-4-27-26(29-17-15-20(2)21-11-13-24(32-3)14-12-21)28-16-7-10-25(31)30-18-22-8-5-6-9-23(22)19-30;/h5-6,8-9,11-14,20H,4,7,10,15-19H2,1-3H3,(H2,27,28,29);1H. The first-order chi connectivity index (χ1) is 15.6. The van der Waals surface area contributed by atoms with Crippen LogP contribution in [-0.2, 0) is 17.9 Å². The second-order valence-electron chi connectivity index (χ2n) is 8.27. The molecule has 1 heterocycles.